The molecule has 0 aliphatic heterocycles. The van der Waals surface area contributed by atoms with E-state index in [1.54, 1.807) is 0 Å². The zero-order chi connectivity index (χ0) is 15.0. The summed E-state index contributed by atoms with van der Waals surface area (Å²) in [5.41, 5.74) is 10.4. The van der Waals surface area contributed by atoms with Crippen molar-refractivity contribution in [3.8, 4) is 11.3 Å². The Labute approximate surface area is 123 Å². The summed E-state index contributed by atoms with van der Waals surface area (Å²) in [6, 6.07) is 8.04. The molecule has 2 aromatic rings. The van der Waals surface area contributed by atoms with Gasteiger partial charge in [0, 0.05) is 22.1 Å². The minimum absolute atomic E-state index is 0.413. The van der Waals surface area contributed by atoms with E-state index in [1.807, 2.05) is 31.2 Å². The van der Waals surface area contributed by atoms with Crippen LogP contribution in [0.25, 0.3) is 11.3 Å². The number of hydrogen-bond acceptors (Lipinski definition) is 5. The zero-order valence-corrected chi connectivity index (χ0v) is 12.4. The number of hydrogen-bond donors (Lipinski definition) is 1. The number of anilines is 1. The van der Waals surface area contributed by atoms with E-state index in [4.69, 9.17) is 10.6 Å². The highest BCUT2D eigenvalue weighted by molar-refractivity contribution is 6.15. The van der Waals surface area contributed by atoms with Gasteiger partial charge in [0.15, 0.2) is 0 Å². The van der Waals surface area contributed by atoms with Crippen molar-refractivity contribution in [2.24, 2.45) is 5.16 Å². The Bertz CT molecular complexity index is 722. The molecule has 21 heavy (non-hydrogen) atoms. The van der Waals surface area contributed by atoms with Crippen molar-refractivity contribution in [1.29, 1.82) is 0 Å². The third kappa shape index (κ3) is 1.96. The molecule has 0 saturated carbocycles. The normalized spacial score (nSPS) is 17.2. The molecule has 108 valence electrons. The quantitative estimate of drug-likeness (QED) is 0.859. The Kier molecular flexibility index (Phi) is 3.12. The SMILES string of the molecule is CCON=C1c2ccccc2-c2ncnc(N)c2C1(C)C. The van der Waals surface area contributed by atoms with E-state index in [2.05, 4.69) is 29.0 Å². The molecule has 3 rings (SSSR count). The van der Waals surface area contributed by atoms with Gasteiger partial charge in [-0.2, -0.15) is 0 Å². The lowest BCUT2D eigenvalue weighted by molar-refractivity contribution is 0.157. The molecule has 1 aromatic carbocycles. The van der Waals surface area contributed by atoms with E-state index in [0.717, 1.165) is 28.1 Å². The van der Waals surface area contributed by atoms with Gasteiger partial charge < -0.3 is 10.6 Å². The summed E-state index contributed by atoms with van der Waals surface area (Å²) < 4.78 is 0. The molecule has 0 radical (unpaired) electrons. The van der Waals surface area contributed by atoms with E-state index in [0.29, 0.717) is 12.4 Å². The van der Waals surface area contributed by atoms with Gasteiger partial charge in [0.2, 0.25) is 0 Å². The van der Waals surface area contributed by atoms with Gasteiger partial charge in [-0.3, -0.25) is 0 Å². The van der Waals surface area contributed by atoms with E-state index in [9.17, 15) is 0 Å². The van der Waals surface area contributed by atoms with Crippen molar-refractivity contribution in [3.05, 3.63) is 41.7 Å². The van der Waals surface area contributed by atoms with Gasteiger partial charge >= 0.3 is 0 Å². The maximum absolute atomic E-state index is 6.12. The predicted octanol–water partition coefficient (Wildman–Crippen LogP) is 2.76. The van der Waals surface area contributed by atoms with Crippen molar-refractivity contribution in [2.75, 3.05) is 12.3 Å². The molecule has 0 fully saturated rings. The van der Waals surface area contributed by atoms with Crippen LogP contribution in [0.5, 0.6) is 0 Å². The summed E-state index contributed by atoms with van der Waals surface area (Å²) >= 11 is 0. The van der Waals surface area contributed by atoms with E-state index in [-0.39, 0.29) is 0 Å². The molecular weight excluding hydrogens is 264 g/mol. The second-order valence-electron chi connectivity index (χ2n) is 5.51. The molecule has 0 spiro atoms. The fourth-order valence-electron chi connectivity index (χ4n) is 2.86. The van der Waals surface area contributed by atoms with Crippen LogP contribution in [0.3, 0.4) is 0 Å². The molecule has 1 aliphatic rings. The monoisotopic (exact) mass is 282 g/mol. The summed E-state index contributed by atoms with van der Waals surface area (Å²) in [6.07, 6.45) is 1.51. The van der Waals surface area contributed by atoms with Crippen LogP contribution >= 0.6 is 0 Å². The molecule has 2 N–H and O–H groups in total. The van der Waals surface area contributed by atoms with Crippen LogP contribution in [0.2, 0.25) is 0 Å². The van der Waals surface area contributed by atoms with E-state index in [1.165, 1.54) is 6.33 Å². The fraction of sp³-hybridized carbons (Fsp3) is 0.312. The highest BCUT2D eigenvalue weighted by Gasteiger charge is 2.40. The van der Waals surface area contributed by atoms with Crippen LogP contribution in [0.1, 0.15) is 31.9 Å². The highest BCUT2D eigenvalue weighted by Crippen LogP contribution is 2.44. The van der Waals surface area contributed by atoms with Gasteiger partial charge in [-0.05, 0) is 20.8 Å². The van der Waals surface area contributed by atoms with Gasteiger partial charge in [0.1, 0.15) is 18.8 Å². The third-order valence-electron chi connectivity index (χ3n) is 3.82. The molecule has 1 aromatic heterocycles. The number of nitrogens with zero attached hydrogens (tertiary/aromatic N) is 3. The summed E-state index contributed by atoms with van der Waals surface area (Å²) in [4.78, 5) is 13.9. The average molecular weight is 282 g/mol. The topological polar surface area (TPSA) is 73.4 Å². The number of aromatic nitrogens is 2. The number of rotatable bonds is 2. The molecule has 0 unspecified atom stereocenters. The Morgan fingerprint density at radius 3 is 2.62 bits per heavy atom. The molecular formula is C16H18N4O. The molecule has 1 aliphatic carbocycles. The first-order chi connectivity index (χ1) is 10.1. The number of oxime groups is 1. The van der Waals surface area contributed by atoms with Crippen LogP contribution in [-0.2, 0) is 10.3 Å². The largest absolute Gasteiger partial charge is 0.396 e. The van der Waals surface area contributed by atoms with Crippen LogP contribution in [-0.4, -0.2) is 22.3 Å². The van der Waals surface area contributed by atoms with Crippen molar-refractivity contribution in [2.45, 2.75) is 26.2 Å². The molecule has 0 atom stereocenters. The average Bonchev–Trinajstić information content (AvgIpc) is 2.46. The number of benzene rings is 1. The Balaban J connectivity index is 2.36. The first kappa shape index (κ1) is 13.5. The molecule has 5 nitrogen and oxygen atoms in total. The maximum atomic E-state index is 6.12. The van der Waals surface area contributed by atoms with Crippen molar-refractivity contribution in [1.82, 2.24) is 9.97 Å². The predicted molar refractivity (Wildman–Crippen MR) is 83.1 cm³/mol. The second-order valence-corrected chi connectivity index (χ2v) is 5.51. The molecule has 0 amide bonds. The molecule has 0 saturated heterocycles. The second kappa shape index (κ2) is 4.84. The third-order valence-corrected chi connectivity index (χ3v) is 3.82. The van der Waals surface area contributed by atoms with Crippen LogP contribution < -0.4 is 5.73 Å². The van der Waals surface area contributed by atoms with Gasteiger partial charge in [0.25, 0.3) is 0 Å². The summed E-state index contributed by atoms with van der Waals surface area (Å²) in [6.45, 7) is 6.57. The van der Waals surface area contributed by atoms with Gasteiger partial charge in [-0.25, -0.2) is 9.97 Å². The van der Waals surface area contributed by atoms with Crippen LogP contribution in [0.4, 0.5) is 5.82 Å². The minimum atomic E-state index is -0.413. The van der Waals surface area contributed by atoms with E-state index >= 15 is 0 Å². The Hall–Kier alpha value is -2.43. The van der Waals surface area contributed by atoms with Crippen molar-refractivity contribution < 1.29 is 4.84 Å². The van der Waals surface area contributed by atoms with Gasteiger partial charge in [-0.1, -0.05) is 29.4 Å². The summed E-state index contributed by atoms with van der Waals surface area (Å²) in [7, 11) is 0. The minimum Gasteiger partial charge on any atom is -0.396 e. The highest BCUT2D eigenvalue weighted by atomic mass is 16.6. The van der Waals surface area contributed by atoms with E-state index < -0.39 is 5.41 Å². The first-order valence-electron chi connectivity index (χ1n) is 6.98. The lowest BCUT2D eigenvalue weighted by Gasteiger charge is -2.34. The maximum Gasteiger partial charge on any atom is 0.131 e. The van der Waals surface area contributed by atoms with Crippen LogP contribution in [0, 0.1) is 0 Å². The molecule has 5 heteroatoms. The standard InChI is InChI=1S/C16H18N4O/c1-4-21-20-14-11-8-6-5-7-10(11)13-12(16(14,2)3)15(17)19-9-18-13/h5-9H,4H2,1-3H3,(H2,17,18,19). The lowest BCUT2D eigenvalue weighted by Crippen LogP contribution is -2.36. The zero-order valence-electron chi connectivity index (χ0n) is 12.4. The first-order valence-corrected chi connectivity index (χ1v) is 6.98. The van der Waals surface area contributed by atoms with Gasteiger partial charge in [-0.15, -0.1) is 0 Å². The smallest absolute Gasteiger partial charge is 0.131 e. The fourth-order valence-corrected chi connectivity index (χ4v) is 2.86. The summed E-state index contributed by atoms with van der Waals surface area (Å²) in [5, 5.41) is 4.34. The number of nitrogen functional groups attached to an aromatic ring is 1. The lowest BCUT2D eigenvalue weighted by atomic mass is 9.70. The number of fused-ring (bicyclic) bond motifs is 3. The summed E-state index contributed by atoms with van der Waals surface area (Å²) in [5.74, 6) is 0.490. The Morgan fingerprint density at radius 2 is 1.90 bits per heavy atom. The number of nitrogens with two attached hydrogens (primary N) is 1. The molecule has 1 heterocycles. The molecule has 0 bridgehead atoms. The van der Waals surface area contributed by atoms with Crippen molar-refractivity contribution >= 4 is 11.5 Å². The van der Waals surface area contributed by atoms with Crippen LogP contribution in [0.15, 0.2) is 35.7 Å². The van der Waals surface area contributed by atoms with Gasteiger partial charge in [0.05, 0.1) is 11.4 Å². The Morgan fingerprint density at radius 1 is 1.19 bits per heavy atom. The van der Waals surface area contributed by atoms with Crippen molar-refractivity contribution in [3.63, 3.8) is 0 Å².